The lowest BCUT2D eigenvalue weighted by atomic mass is 9.94. The number of anilines is 1. The molecule has 2 heterocycles. The van der Waals surface area contributed by atoms with Gasteiger partial charge in [-0.3, -0.25) is 4.79 Å². The molecule has 5 heteroatoms. The molecule has 0 aromatic carbocycles. The van der Waals surface area contributed by atoms with E-state index in [0.717, 1.165) is 25.9 Å². The van der Waals surface area contributed by atoms with Crippen molar-refractivity contribution in [2.24, 2.45) is 5.92 Å². The smallest absolute Gasteiger partial charge is 0.238 e. The van der Waals surface area contributed by atoms with Crippen molar-refractivity contribution in [3.63, 3.8) is 0 Å². The standard InChI is InChI=1S/C15H23N3O2/c1-11(2)20-15-13(4-3-7-17-15)18-14(19)10-12-5-8-16-9-6-12/h3-4,7,11-12,16H,5-6,8-10H2,1-2H3,(H,18,19). The Balaban J connectivity index is 1.93. The topological polar surface area (TPSA) is 63.2 Å². The van der Waals surface area contributed by atoms with Gasteiger partial charge >= 0.3 is 0 Å². The second kappa shape index (κ2) is 7.24. The van der Waals surface area contributed by atoms with Crippen LogP contribution in [0.2, 0.25) is 0 Å². The number of hydrogen-bond acceptors (Lipinski definition) is 4. The highest BCUT2D eigenvalue weighted by atomic mass is 16.5. The van der Waals surface area contributed by atoms with Crippen molar-refractivity contribution in [1.29, 1.82) is 0 Å². The number of rotatable bonds is 5. The Hall–Kier alpha value is -1.62. The first-order valence-corrected chi connectivity index (χ1v) is 7.27. The van der Waals surface area contributed by atoms with Crippen molar-refractivity contribution in [3.05, 3.63) is 18.3 Å². The molecule has 0 radical (unpaired) electrons. The molecule has 2 N–H and O–H groups in total. The minimum absolute atomic E-state index is 0.0324. The fraction of sp³-hybridized carbons (Fsp3) is 0.600. The maximum Gasteiger partial charge on any atom is 0.238 e. The molecular weight excluding hydrogens is 254 g/mol. The lowest BCUT2D eigenvalue weighted by Crippen LogP contribution is -2.30. The fourth-order valence-electron chi connectivity index (χ4n) is 2.35. The molecule has 1 saturated heterocycles. The molecule has 0 unspecified atom stereocenters. The minimum Gasteiger partial charge on any atom is -0.473 e. The van der Waals surface area contributed by atoms with Crippen LogP contribution in [0.15, 0.2) is 18.3 Å². The molecule has 1 aromatic rings. The summed E-state index contributed by atoms with van der Waals surface area (Å²) < 4.78 is 5.60. The van der Waals surface area contributed by atoms with Crippen molar-refractivity contribution in [3.8, 4) is 5.88 Å². The molecule has 20 heavy (non-hydrogen) atoms. The van der Waals surface area contributed by atoms with Gasteiger partial charge in [-0.1, -0.05) is 0 Å². The van der Waals surface area contributed by atoms with E-state index >= 15 is 0 Å². The molecule has 2 rings (SSSR count). The van der Waals surface area contributed by atoms with Gasteiger partial charge in [0.1, 0.15) is 5.69 Å². The zero-order chi connectivity index (χ0) is 14.4. The number of aromatic nitrogens is 1. The summed E-state index contributed by atoms with van der Waals surface area (Å²) >= 11 is 0. The minimum atomic E-state index is 0.0324. The molecule has 5 nitrogen and oxygen atoms in total. The lowest BCUT2D eigenvalue weighted by molar-refractivity contribution is -0.117. The van der Waals surface area contributed by atoms with Gasteiger partial charge in [0.15, 0.2) is 0 Å². The summed E-state index contributed by atoms with van der Waals surface area (Å²) in [4.78, 5) is 16.3. The summed E-state index contributed by atoms with van der Waals surface area (Å²) in [7, 11) is 0. The van der Waals surface area contributed by atoms with Gasteiger partial charge in [-0.2, -0.15) is 0 Å². The van der Waals surface area contributed by atoms with Crippen LogP contribution in [0.3, 0.4) is 0 Å². The van der Waals surface area contributed by atoms with Gasteiger partial charge in [0.25, 0.3) is 0 Å². The highest BCUT2D eigenvalue weighted by Gasteiger charge is 2.18. The van der Waals surface area contributed by atoms with Crippen molar-refractivity contribution in [2.75, 3.05) is 18.4 Å². The van der Waals surface area contributed by atoms with Crippen LogP contribution in [0.1, 0.15) is 33.1 Å². The third-order valence-corrected chi connectivity index (χ3v) is 3.33. The van der Waals surface area contributed by atoms with Crippen LogP contribution in [-0.4, -0.2) is 30.1 Å². The van der Waals surface area contributed by atoms with Crippen LogP contribution in [-0.2, 0) is 4.79 Å². The number of piperidine rings is 1. The molecule has 0 spiro atoms. The molecule has 0 bridgehead atoms. The maximum absolute atomic E-state index is 12.1. The lowest BCUT2D eigenvalue weighted by Gasteiger charge is -2.22. The summed E-state index contributed by atoms with van der Waals surface area (Å²) in [6, 6.07) is 3.62. The van der Waals surface area contributed by atoms with Gasteiger partial charge in [-0.15, -0.1) is 0 Å². The quantitative estimate of drug-likeness (QED) is 0.866. The second-order valence-corrected chi connectivity index (χ2v) is 5.47. The number of carbonyl (C=O) groups is 1. The van der Waals surface area contributed by atoms with E-state index < -0.39 is 0 Å². The predicted molar refractivity (Wildman–Crippen MR) is 78.8 cm³/mol. The maximum atomic E-state index is 12.1. The van der Waals surface area contributed by atoms with E-state index in [2.05, 4.69) is 15.6 Å². The molecule has 1 aromatic heterocycles. The van der Waals surface area contributed by atoms with E-state index in [1.54, 1.807) is 12.3 Å². The van der Waals surface area contributed by atoms with Crippen molar-refractivity contribution < 1.29 is 9.53 Å². The Morgan fingerprint density at radius 2 is 2.25 bits per heavy atom. The molecule has 1 fully saturated rings. The molecule has 110 valence electrons. The first-order valence-electron chi connectivity index (χ1n) is 7.27. The third-order valence-electron chi connectivity index (χ3n) is 3.33. The van der Waals surface area contributed by atoms with Crippen molar-refractivity contribution in [1.82, 2.24) is 10.3 Å². The number of pyridine rings is 1. The first kappa shape index (κ1) is 14.8. The number of nitrogens with zero attached hydrogens (tertiary/aromatic N) is 1. The van der Waals surface area contributed by atoms with Crippen LogP contribution in [0.25, 0.3) is 0 Å². The second-order valence-electron chi connectivity index (χ2n) is 5.47. The van der Waals surface area contributed by atoms with Gasteiger partial charge in [-0.25, -0.2) is 4.98 Å². The first-order chi connectivity index (χ1) is 9.65. The summed E-state index contributed by atoms with van der Waals surface area (Å²) in [5.74, 6) is 1.00. The molecule has 0 aliphatic carbocycles. The van der Waals surface area contributed by atoms with Crippen LogP contribution in [0, 0.1) is 5.92 Å². The number of ether oxygens (including phenoxy) is 1. The normalized spacial score (nSPS) is 16.1. The molecule has 1 aliphatic heterocycles. The van der Waals surface area contributed by atoms with E-state index in [-0.39, 0.29) is 12.0 Å². The van der Waals surface area contributed by atoms with Gasteiger partial charge in [0.05, 0.1) is 6.10 Å². The Morgan fingerprint density at radius 1 is 1.50 bits per heavy atom. The molecular formula is C15H23N3O2. The zero-order valence-electron chi connectivity index (χ0n) is 12.2. The summed E-state index contributed by atoms with van der Waals surface area (Å²) in [5.41, 5.74) is 0.653. The number of nitrogens with one attached hydrogen (secondary N) is 2. The monoisotopic (exact) mass is 277 g/mol. The fourth-order valence-corrected chi connectivity index (χ4v) is 2.35. The Morgan fingerprint density at radius 3 is 2.95 bits per heavy atom. The van der Waals surface area contributed by atoms with E-state index in [0.29, 0.717) is 23.9 Å². The highest BCUT2D eigenvalue weighted by Crippen LogP contribution is 2.23. The summed E-state index contributed by atoms with van der Waals surface area (Å²) in [5, 5.41) is 6.22. The van der Waals surface area contributed by atoms with Gasteiger partial charge in [0, 0.05) is 12.6 Å². The van der Waals surface area contributed by atoms with Gasteiger partial charge in [0.2, 0.25) is 11.8 Å². The van der Waals surface area contributed by atoms with Gasteiger partial charge < -0.3 is 15.4 Å². The SMILES string of the molecule is CC(C)Oc1ncccc1NC(=O)CC1CCNCC1. The van der Waals surface area contributed by atoms with Crippen LogP contribution in [0.5, 0.6) is 5.88 Å². The Kier molecular flexibility index (Phi) is 5.35. The largest absolute Gasteiger partial charge is 0.473 e. The van der Waals surface area contributed by atoms with E-state index in [4.69, 9.17) is 4.74 Å². The average molecular weight is 277 g/mol. The number of hydrogen-bond donors (Lipinski definition) is 2. The molecule has 0 atom stereocenters. The zero-order valence-corrected chi connectivity index (χ0v) is 12.2. The van der Waals surface area contributed by atoms with Crippen molar-refractivity contribution >= 4 is 11.6 Å². The highest BCUT2D eigenvalue weighted by molar-refractivity contribution is 5.92. The molecule has 0 saturated carbocycles. The summed E-state index contributed by atoms with van der Waals surface area (Å²) in [6.07, 6.45) is 4.40. The van der Waals surface area contributed by atoms with Gasteiger partial charge in [-0.05, 0) is 57.8 Å². The van der Waals surface area contributed by atoms with Crippen LogP contribution >= 0.6 is 0 Å². The Labute approximate surface area is 120 Å². The third kappa shape index (κ3) is 4.49. The van der Waals surface area contributed by atoms with Crippen LogP contribution in [0.4, 0.5) is 5.69 Å². The van der Waals surface area contributed by atoms with Crippen molar-refractivity contribution in [2.45, 2.75) is 39.2 Å². The molecule has 1 aliphatic rings. The molecule has 1 amide bonds. The van der Waals surface area contributed by atoms with E-state index in [1.165, 1.54) is 0 Å². The predicted octanol–water partition coefficient (Wildman–Crippen LogP) is 2.20. The van der Waals surface area contributed by atoms with E-state index in [9.17, 15) is 4.79 Å². The Bertz CT molecular complexity index is 442. The summed E-state index contributed by atoms with van der Waals surface area (Å²) in [6.45, 7) is 5.89. The number of carbonyl (C=O) groups excluding carboxylic acids is 1. The van der Waals surface area contributed by atoms with Crippen LogP contribution < -0.4 is 15.4 Å². The van der Waals surface area contributed by atoms with E-state index in [1.807, 2.05) is 19.9 Å². The average Bonchev–Trinajstić information content (AvgIpc) is 2.41. The number of amides is 1.